The number of fused-ring (bicyclic) bond motifs is 6. The van der Waals surface area contributed by atoms with Gasteiger partial charge in [0.2, 0.25) is 0 Å². The molecule has 7 heteroatoms. The molecule has 2 fully saturated rings. The predicted molar refractivity (Wildman–Crippen MR) is 140 cm³/mol. The summed E-state index contributed by atoms with van der Waals surface area (Å²) in [6.07, 6.45) is 2.41. The number of nitrogens with zero attached hydrogens (tertiary/aromatic N) is 4. The van der Waals surface area contributed by atoms with Crippen molar-refractivity contribution in [3.05, 3.63) is 89.3 Å². The van der Waals surface area contributed by atoms with Gasteiger partial charge in [0.25, 0.3) is 5.78 Å². The van der Waals surface area contributed by atoms with Crippen LogP contribution in [0.25, 0.3) is 38.4 Å². The Bertz CT molecular complexity index is 1720. The highest BCUT2D eigenvalue weighted by molar-refractivity contribution is 5.99. The minimum absolute atomic E-state index is 0.0946. The Kier molecular flexibility index (Phi) is 4.57. The van der Waals surface area contributed by atoms with E-state index in [0.717, 1.165) is 27.7 Å². The zero-order valence-corrected chi connectivity index (χ0v) is 21.3. The van der Waals surface area contributed by atoms with Crippen molar-refractivity contribution in [3.8, 4) is 22.6 Å². The summed E-state index contributed by atoms with van der Waals surface area (Å²) >= 11 is 0. The van der Waals surface area contributed by atoms with Gasteiger partial charge in [-0.25, -0.2) is 20.9 Å². The molecule has 4 aromatic rings. The van der Waals surface area contributed by atoms with Crippen molar-refractivity contribution in [2.24, 2.45) is 11.3 Å². The lowest BCUT2D eigenvalue weighted by molar-refractivity contribution is -0.138. The summed E-state index contributed by atoms with van der Waals surface area (Å²) in [6, 6.07) is 16.3. The quantitative estimate of drug-likeness (QED) is 0.250. The molecule has 38 heavy (non-hydrogen) atoms. The van der Waals surface area contributed by atoms with Gasteiger partial charge in [-0.15, -0.1) is 0 Å². The highest BCUT2D eigenvalue weighted by Crippen LogP contribution is 2.66. The Balaban J connectivity index is 1.55. The molecule has 4 atom stereocenters. The fraction of sp³-hybridized carbons (Fsp3) is 0.323. The van der Waals surface area contributed by atoms with Crippen LogP contribution < -0.4 is 0 Å². The lowest BCUT2D eigenvalue weighted by atomic mass is 9.50. The molecule has 2 aromatic carbocycles. The van der Waals surface area contributed by atoms with Crippen molar-refractivity contribution < 1.29 is 13.9 Å². The van der Waals surface area contributed by atoms with Crippen LogP contribution in [0.2, 0.25) is 0 Å². The average Bonchev–Trinajstić information content (AvgIpc) is 3.69. The van der Waals surface area contributed by atoms with Crippen molar-refractivity contribution in [1.29, 1.82) is 0 Å². The molecule has 1 saturated heterocycles. The van der Waals surface area contributed by atoms with Gasteiger partial charge in [-0.1, -0.05) is 51.1 Å². The van der Waals surface area contributed by atoms with Gasteiger partial charge >= 0.3 is 5.72 Å². The number of rotatable bonds is 2. The van der Waals surface area contributed by atoms with Crippen LogP contribution in [-0.4, -0.2) is 32.6 Å². The molecule has 188 valence electrons. The van der Waals surface area contributed by atoms with E-state index in [0.29, 0.717) is 29.9 Å². The monoisotopic (exact) mass is 504 g/mol. The number of Topliss-reactive ketones (excluding diaryl/α,β-unsaturated/α-hetero) is 1. The lowest BCUT2D eigenvalue weighted by Gasteiger charge is -2.50. The first kappa shape index (κ1) is 23.1. The lowest BCUT2D eigenvalue weighted by Crippen LogP contribution is -2.60. The minimum atomic E-state index is -1.49. The second kappa shape index (κ2) is 7.52. The van der Waals surface area contributed by atoms with E-state index in [1.165, 1.54) is 6.07 Å². The zero-order chi connectivity index (χ0) is 26.4. The molecule has 6 nitrogen and oxygen atoms in total. The fourth-order valence-corrected chi connectivity index (χ4v) is 7.23. The molecule has 1 aliphatic heterocycles. The third kappa shape index (κ3) is 2.79. The number of benzene rings is 2. The van der Waals surface area contributed by atoms with E-state index >= 15 is 4.39 Å². The van der Waals surface area contributed by atoms with E-state index < -0.39 is 22.7 Å². The molecule has 1 saturated carbocycles. The third-order valence-corrected chi connectivity index (χ3v) is 9.03. The number of epoxide rings is 1. The first-order valence-corrected chi connectivity index (χ1v) is 12.8. The van der Waals surface area contributed by atoms with Gasteiger partial charge in [-0.3, -0.25) is 19.4 Å². The molecule has 2 aromatic heterocycles. The van der Waals surface area contributed by atoms with Crippen molar-refractivity contribution >= 4 is 16.7 Å². The molecule has 0 N–H and O–H groups in total. The summed E-state index contributed by atoms with van der Waals surface area (Å²) in [5.41, 5.74) is 1.16. The molecule has 0 bridgehead atoms. The summed E-state index contributed by atoms with van der Waals surface area (Å²) in [4.78, 5) is 31.9. The topological polar surface area (TPSA) is 72.6 Å². The van der Waals surface area contributed by atoms with E-state index in [2.05, 4.69) is 16.8 Å². The summed E-state index contributed by atoms with van der Waals surface area (Å²) in [5.74, 6) is -0.141. The number of aromatic nitrogens is 3. The number of hydrogen-bond acceptors (Lipinski definition) is 5. The predicted octanol–water partition coefficient (Wildman–Crippen LogP) is 5.94. The molecular weight excluding hydrogens is 479 g/mol. The molecule has 0 amide bonds. The molecule has 0 radical (unpaired) electrons. The maximum atomic E-state index is 15.3. The Morgan fingerprint density at radius 2 is 1.79 bits per heavy atom. The van der Waals surface area contributed by atoms with Gasteiger partial charge in [0.1, 0.15) is 5.82 Å². The molecule has 0 unspecified atom stereocenters. The highest BCUT2D eigenvalue weighted by atomic mass is 19.1. The average molecular weight is 505 g/mol. The molecular formula is C31H25FN4O2. The van der Waals surface area contributed by atoms with E-state index in [1.807, 2.05) is 44.2 Å². The summed E-state index contributed by atoms with van der Waals surface area (Å²) in [6.45, 7) is 13.8. The van der Waals surface area contributed by atoms with Crippen LogP contribution in [0, 0.1) is 23.7 Å². The first-order valence-electron chi connectivity index (χ1n) is 12.8. The second-order valence-corrected chi connectivity index (χ2v) is 11.3. The Hall–Kier alpha value is -4.02. The van der Waals surface area contributed by atoms with E-state index in [1.54, 1.807) is 24.4 Å². The van der Waals surface area contributed by atoms with Gasteiger partial charge in [0, 0.05) is 33.7 Å². The molecule has 3 aliphatic rings. The second-order valence-electron chi connectivity index (χ2n) is 11.3. The SMILES string of the molecule is [C-]#[N+][C@]12O[C@H]1[C@@]1(C)c3nc(-c4ccnc5ccccc45)nc(-c4ccccc4F)c3CC[C@@H]1C(C)(C)C2=O. The Morgan fingerprint density at radius 1 is 1.03 bits per heavy atom. The number of carbonyl (C=O) groups is 1. The zero-order valence-electron chi connectivity index (χ0n) is 21.3. The van der Waals surface area contributed by atoms with Crippen molar-refractivity contribution in [2.45, 2.75) is 50.9 Å². The van der Waals surface area contributed by atoms with Crippen LogP contribution in [0.15, 0.2) is 60.8 Å². The number of pyridine rings is 1. The number of para-hydroxylation sites is 1. The smallest absolute Gasteiger partial charge is 0.287 e. The maximum Gasteiger partial charge on any atom is 0.425 e. The van der Waals surface area contributed by atoms with Crippen molar-refractivity contribution in [3.63, 3.8) is 0 Å². The molecule has 2 aliphatic carbocycles. The van der Waals surface area contributed by atoms with Gasteiger partial charge in [0.05, 0.1) is 22.3 Å². The van der Waals surface area contributed by atoms with E-state index in [4.69, 9.17) is 21.3 Å². The van der Waals surface area contributed by atoms with Gasteiger partial charge < -0.3 is 0 Å². The van der Waals surface area contributed by atoms with Crippen LogP contribution in [-0.2, 0) is 21.4 Å². The van der Waals surface area contributed by atoms with Crippen LogP contribution in [0.5, 0.6) is 0 Å². The normalized spacial score (nSPS) is 28.7. The molecule has 0 spiro atoms. The number of halogens is 1. The first-order chi connectivity index (χ1) is 18.2. The number of ketones is 1. The molecule has 7 rings (SSSR count). The minimum Gasteiger partial charge on any atom is -0.287 e. The van der Waals surface area contributed by atoms with E-state index in [-0.39, 0.29) is 17.5 Å². The number of ether oxygens (including phenoxy) is 1. The summed E-state index contributed by atoms with van der Waals surface area (Å²) in [7, 11) is 0. The molecule has 3 heterocycles. The summed E-state index contributed by atoms with van der Waals surface area (Å²) < 4.78 is 21.3. The summed E-state index contributed by atoms with van der Waals surface area (Å²) in [5, 5.41) is 0.893. The van der Waals surface area contributed by atoms with Crippen LogP contribution in [0.4, 0.5) is 4.39 Å². The van der Waals surface area contributed by atoms with Crippen LogP contribution in [0.3, 0.4) is 0 Å². The number of carbonyl (C=O) groups excluding carboxylic acids is 1. The Labute approximate surface area is 219 Å². The standard InChI is InChI=1S/C31H25FN4O2/c1-29(2)23-14-13-20-24(19-10-5-7-11-21(19)32)35-26(18-15-16-34-22-12-8-6-9-17(18)22)36-25(20)30(23,3)28-31(33-4,38-28)27(29)37/h5-12,15-16,23,28H,13-14H2,1-3H3/t23-,28+,30-,31-/m1/s1. The van der Waals surface area contributed by atoms with E-state index in [9.17, 15) is 4.79 Å². The van der Waals surface area contributed by atoms with Crippen LogP contribution in [0.1, 0.15) is 38.4 Å². The maximum absolute atomic E-state index is 15.3. The van der Waals surface area contributed by atoms with Gasteiger partial charge in [-0.05, 0) is 43.0 Å². The number of hydrogen-bond donors (Lipinski definition) is 0. The van der Waals surface area contributed by atoms with Crippen molar-refractivity contribution in [1.82, 2.24) is 15.0 Å². The third-order valence-electron chi connectivity index (χ3n) is 9.03. The Morgan fingerprint density at radius 3 is 2.58 bits per heavy atom. The van der Waals surface area contributed by atoms with Gasteiger partial charge in [-0.2, -0.15) is 0 Å². The van der Waals surface area contributed by atoms with Gasteiger partial charge in [0.15, 0.2) is 11.9 Å². The highest BCUT2D eigenvalue weighted by Gasteiger charge is 2.86. The van der Waals surface area contributed by atoms with Crippen LogP contribution >= 0.6 is 0 Å². The van der Waals surface area contributed by atoms with Crippen molar-refractivity contribution in [2.75, 3.05) is 0 Å². The largest absolute Gasteiger partial charge is 0.425 e. The fourth-order valence-electron chi connectivity index (χ4n) is 7.23.